The second kappa shape index (κ2) is 7.73. The number of benzene rings is 1. The van der Waals surface area contributed by atoms with E-state index in [0.717, 1.165) is 22.0 Å². The Morgan fingerprint density at radius 3 is 2.66 bits per heavy atom. The van der Waals surface area contributed by atoms with E-state index in [4.69, 9.17) is 4.74 Å². The molecule has 0 radical (unpaired) electrons. The number of pyridine rings is 2. The average Bonchev–Trinajstić information content (AvgIpc) is 2.63. The first-order valence-corrected chi connectivity index (χ1v) is 9.63. The minimum absolute atomic E-state index is 0.128. The lowest BCUT2D eigenvalue weighted by Gasteiger charge is -2.31. The van der Waals surface area contributed by atoms with Crippen LogP contribution in [0.5, 0.6) is 5.75 Å². The third kappa shape index (κ3) is 4.34. The van der Waals surface area contributed by atoms with Crippen LogP contribution in [-0.4, -0.2) is 32.9 Å². The van der Waals surface area contributed by atoms with Crippen molar-refractivity contribution in [2.45, 2.75) is 39.7 Å². The second-order valence-corrected chi connectivity index (χ2v) is 8.29. The number of carbonyl (C=O) groups is 1. The summed E-state index contributed by atoms with van der Waals surface area (Å²) >= 11 is 0. The minimum Gasteiger partial charge on any atom is -0.491 e. The highest BCUT2D eigenvalue weighted by atomic mass is 16.5. The van der Waals surface area contributed by atoms with Crippen molar-refractivity contribution in [1.29, 1.82) is 0 Å². The van der Waals surface area contributed by atoms with Crippen LogP contribution >= 0.6 is 0 Å². The van der Waals surface area contributed by atoms with E-state index in [1.54, 1.807) is 23.9 Å². The zero-order chi connectivity index (χ0) is 21.3. The largest absolute Gasteiger partial charge is 0.491 e. The molecule has 0 saturated carbocycles. The summed E-state index contributed by atoms with van der Waals surface area (Å²) in [5.74, 6) is 0.824. The van der Waals surface area contributed by atoms with Gasteiger partial charge in [0.15, 0.2) is 0 Å². The van der Waals surface area contributed by atoms with Crippen LogP contribution in [0, 0.1) is 12.8 Å². The van der Waals surface area contributed by atoms with Gasteiger partial charge < -0.3 is 19.7 Å². The molecule has 0 aliphatic heterocycles. The Morgan fingerprint density at radius 2 is 2.00 bits per heavy atom. The Labute approximate surface area is 169 Å². The van der Waals surface area contributed by atoms with Gasteiger partial charge in [0.05, 0.1) is 22.6 Å². The molecule has 7 heteroatoms. The Morgan fingerprint density at radius 1 is 1.28 bits per heavy atom. The van der Waals surface area contributed by atoms with Gasteiger partial charge in [0.1, 0.15) is 12.4 Å². The van der Waals surface area contributed by atoms with E-state index in [0.29, 0.717) is 23.5 Å². The quantitative estimate of drug-likeness (QED) is 0.616. The van der Waals surface area contributed by atoms with Gasteiger partial charge in [0.2, 0.25) is 0 Å². The summed E-state index contributed by atoms with van der Waals surface area (Å²) in [7, 11) is 1.73. The maximum absolute atomic E-state index is 12.9. The van der Waals surface area contributed by atoms with Crippen LogP contribution in [0.4, 0.5) is 4.79 Å². The zero-order valence-corrected chi connectivity index (χ0v) is 17.4. The van der Waals surface area contributed by atoms with Crippen LogP contribution in [-0.2, 0) is 7.05 Å². The fraction of sp³-hybridized carbons (Fsp3) is 0.409. The minimum atomic E-state index is -1.08. The lowest BCUT2D eigenvalue weighted by Crippen LogP contribution is -2.50. The Kier molecular flexibility index (Phi) is 5.50. The molecular weight excluding hydrogens is 370 g/mol. The summed E-state index contributed by atoms with van der Waals surface area (Å²) in [6.45, 7) is 7.97. The number of hydrogen-bond donors (Lipinski definition) is 2. The van der Waals surface area contributed by atoms with Crippen LogP contribution in [0.1, 0.15) is 32.9 Å². The van der Waals surface area contributed by atoms with E-state index in [1.807, 2.05) is 45.9 Å². The maximum atomic E-state index is 12.9. The number of amides is 1. The van der Waals surface area contributed by atoms with Gasteiger partial charge in [0.25, 0.3) is 5.56 Å². The number of rotatable bonds is 6. The molecule has 1 aromatic carbocycles. The highest BCUT2D eigenvalue weighted by Gasteiger charge is 2.28. The van der Waals surface area contributed by atoms with Crippen molar-refractivity contribution in [2.75, 3.05) is 6.61 Å². The van der Waals surface area contributed by atoms with Gasteiger partial charge in [-0.2, -0.15) is 0 Å². The molecule has 0 aliphatic carbocycles. The third-order valence-corrected chi connectivity index (χ3v) is 5.02. The van der Waals surface area contributed by atoms with Crippen molar-refractivity contribution in [1.82, 2.24) is 14.9 Å². The number of nitrogens with one attached hydrogen (secondary N) is 1. The Balaban J connectivity index is 1.99. The van der Waals surface area contributed by atoms with E-state index >= 15 is 0 Å². The molecule has 3 rings (SSSR count). The molecule has 2 N–H and O–H groups in total. The average molecular weight is 397 g/mol. The molecule has 29 heavy (non-hydrogen) atoms. The van der Waals surface area contributed by atoms with Crippen LogP contribution in [0.3, 0.4) is 0 Å². The fourth-order valence-electron chi connectivity index (χ4n) is 3.90. The summed E-state index contributed by atoms with van der Waals surface area (Å²) in [5.41, 5.74) is 0.794. The third-order valence-electron chi connectivity index (χ3n) is 5.02. The van der Waals surface area contributed by atoms with Crippen molar-refractivity contribution in [2.24, 2.45) is 13.0 Å². The molecule has 7 nitrogen and oxygen atoms in total. The molecule has 0 saturated heterocycles. The van der Waals surface area contributed by atoms with Crippen LogP contribution in [0.25, 0.3) is 21.7 Å². The monoisotopic (exact) mass is 397 g/mol. The van der Waals surface area contributed by atoms with E-state index in [9.17, 15) is 14.7 Å². The number of hydrogen-bond acceptors (Lipinski definition) is 4. The van der Waals surface area contributed by atoms with Crippen molar-refractivity contribution < 1.29 is 14.6 Å². The number of nitrogens with zero attached hydrogens (tertiary/aromatic N) is 2. The zero-order valence-electron chi connectivity index (χ0n) is 17.4. The summed E-state index contributed by atoms with van der Waals surface area (Å²) in [5, 5.41) is 14.1. The SMILES string of the molecule is Cc1cc2c3ccc(OCC(C)(CC(C)C)NC(=O)O)cc3c(=O)n(C)c2cn1. The second-order valence-electron chi connectivity index (χ2n) is 8.29. The van der Waals surface area contributed by atoms with E-state index in [1.165, 1.54) is 0 Å². The van der Waals surface area contributed by atoms with Gasteiger partial charge in [-0.05, 0) is 55.8 Å². The topological polar surface area (TPSA) is 93.5 Å². The summed E-state index contributed by atoms with van der Waals surface area (Å²) in [6.07, 6.45) is 1.26. The number of aromatic nitrogens is 2. The first-order chi connectivity index (χ1) is 13.6. The lowest BCUT2D eigenvalue weighted by atomic mass is 9.91. The van der Waals surface area contributed by atoms with E-state index < -0.39 is 11.6 Å². The summed E-state index contributed by atoms with van der Waals surface area (Å²) in [4.78, 5) is 28.4. The Hall–Kier alpha value is -3.09. The highest BCUT2D eigenvalue weighted by Crippen LogP contribution is 2.27. The summed E-state index contributed by atoms with van der Waals surface area (Å²) < 4.78 is 7.51. The van der Waals surface area contributed by atoms with Gasteiger partial charge in [-0.1, -0.05) is 13.8 Å². The van der Waals surface area contributed by atoms with Gasteiger partial charge >= 0.3 is 6.09 Å². The molecule has 154 valence electrons. The highest BCUT2D eigenvalue weighted by molar-refractivity contribution is 6.05. The first-order valence-electron chi connectivity index (χ1n) is 9.63. The van der Waals surface area contributed by atoms with Crippen molar-refractivity contribution in [3.05, 3.63) is 46.5 Å². The molecule has 0 fully saturated rings. The first kappa shape index (κ1) is 20.6. The van der Waals surface area contributed by atoms with Crippen LogP contribution in [0.2, 0.25) is 0 Å². The summed E-state index contributed by atoms with van der Waals surface area (Å²) in [6, 6.07) is 7.38. The predicted molar refractivity (Wildman–Crippen MR) is 114 cm³/mol. The van der Waals surface area contributed by atoms with E-state index in [2.05, 4.69) is 10.3 Å². The van der Waals surface area contributed by atoms with Gasteiger partial charge in [-0.15, -0.1) is 0 Å². The number of carboxylic acid groups (broad SMARTS) is 1. The molecule has 1 unspecified atom stereocenters. The number of fused-ring (bicyclic) bond motifs is 3. The normalized spacial score (nSPS) is 13.6. The molecule has 1 amide bonds. The molecule has 2 aromatic heterocycles. The molecule has 0 bridgehead atoms. The Bertz CT molecular complexity index is 1140. The number of aryl methyl sites for hydroxylation is 2. The van der Waals surface area contributed by atoms with Crippen molar-refractivity contribution in [3.63, 3.8) is 0 Å². The molecule has 2 heterocycles. The van der Waals surface area contributed by atoms with Crippen LogP contribution < -0.4 is 15.6 Å². The lowest BCUT2D eigenvalue weighted by molar-refractivity contribution is 0.143. The van der Waals surface area contributed by atoms with Gasteiger partial charge in [-0.25, -0.2) is 4.79 Å². The van der Waals surface area contributed by atoms with Crippen molar-refractivity contribution >= 4 is 27.8 Å². The van der Waals surface area contributed by atoms with Crippen LogP contribution in [0.15, 0.2) is 35.3 Å². The van der Waals surface area contributed by atoms with Gasteiger partial charge in [0, 0.05) is 18.1 Å². The smallest absolute Gasteiger partial charge is 0.405 e. The molecule has 3 aromatic rings. The maximum Gasteiger partial charge on any atom is 0.405 e. The molecule has 0 spiro atoms. The van der Waals surface area contributed by atoms with E-state index in [-0.39, 0.29) is 12.2 Å². The predicted octanol–water partition coefficient (Wildman–Crippen LogP) is 3.85. The fourth-order valence-corrected chi connectivity index (χ4v) is 3.90. The molecular formula is C22H27N3O4. The standard InChI is InChI=1S/C22H27N3O4/c1-13(2)10-22(4,24-21(27)28)12-29-15-6-7-16-17-8-14(3)23-11-19(17)25(5)20(26)18(16)9-15/h6-9,11,13,24H,10,12H2,1-5H3,(H,27,28). The van der Waals surface area contributed by atoms with Crippen molar-refractivity contribution in [3.8, 4) is 5.75 Å². The van der Waals surface area contributed by atoms with Gasteiger partial charge in [-0.3, -0.25) is 9.78 Å². The molecule has 1 atom stereocenters. The molecule has 0 aliphatic rings. The number of ether oxygens (including phenoxy) is 1.